The summed E-state index contributed by atoms with van der Waals surface area (Å²) in [7, 11) is -2.73. The molecule has 0 radical (unpaired) electrons. The number of sulfonamides is 1. The number of methoxy groups -OCH3 is 1. The molecule has 0 saturated heterocycles. The Labute approximate surface area is 223 Å². The van der Waals surface area contributed by atoms with Crippen molar-refractivity contribution in [1.29, 1.82) is 0 Å². The summed E-state index contributed by atoms with van der Waals surface area (Å²) in [5, 5.41) is 12.4. The van der Waals surface area contributed by atoms with Gasteiger partial charge in [-0.15, -0.1) is 0 Å². The van der Waals surface area contributed by atoms with E-state index in [0.717, 1.165) is 14.6 Å². The topological polar surface area (TPSA) is 156 Å². The molecule has 4 aromatic rings. The number of nitrogens with zero attached hydrogens (tertiary/aromatic N) is 3. The lowest BCUT2D eigenvalue weighted by molar-refractivity contribution is -0.133. The number of hydroxylamine groups is 1. The molecule has 0 aliphatic carbocycles. The van der Waals surface area contributed by atoms with Crippen LogP contribution < -0.4 is 20.5 Å². The van der Waals surface area contributed by atoms with E-state index >= 15 is 0 Å². The minimum absolute atomic E-state index is 0.0876. The number of fused-ring (bicyclic) bond motifs is 1. The highest BCUT2D eigenvalue weighted by atomic mass is 32.2. The second-order valence-corrected chi connectivity index (χ2v) is 10.7. The number of benzene rings is 2. The number of aryl methyl sites for hydroxylation is 1. The summed E-state index contributed by atoms with van der Waals surface area (Å²) in [4.78, 5) is 30.1. The van der Waals surface area contributed by atoms with Crippen molar-refractivity contribution in [2.45, 2.75) is 24.3 Å². The Balaban J connectivity index is 1.47. The number of ether oxygens (including phenoxy) is 2. The van der Waals surface area contributed by atoms with Gasteiger partial charge in [0, 0.05) is 30.9 Å². The number of hydrogen-bond acceptors (Lipinski definition) is 8. The van der Waals surface area contributed by atoms with Crippen molar-refractivity contribution >= 4 is 15.9 Å². The van der Waals surface area contributed by atoms with E-state index in [0.29, 0.717) is 22.9 Å². The molecule has 202 valence electrons. The monoisotopic (exact) mass is 551 g/mol. The zero-order chi connectivity index (χ0) is 27.7. The first-order chi connectivity index (χ1) is 18.7. The van der Waals surface area contributed by atoms with Crippen molar-refractivity contribution in [2.24, 2.45) is 0 Å². The number of pyridine rings is 1. The van der Waals surface area contributed by atoms with Gasteiger partial charge in [-0.1, -0.05) is 6.07 Å². The average Bonchev–Trinajstić information content (AvgIpc) is 3.28. The first-order valence-corrected chi connectivity index (χ1v) is 13.3. The molecule has 12 nitrogen and oxygen atoms in total. The largest absolute Gasteiger partial charge is 0.497 e. The number of aromatic amines is 1. The van der Waals surface area contributed by atoms with E-state index in [4.69, 9.17) is 9.47 Å². The number of aromatic nitrogens is 3. The van der Waals surface area contributed by atoms with Gasteiger partial charge in [0.15, 0.2) is 5.82 Å². The number of amides is 1. The highest BCUT2D eigenvalue weighted by molar-refractivity contribution is 7.89. The van der Waals surface area contributed by atoms with E-state index in [9.17, 15) is 23.2 Å². The van der Waals surface area contributed by atoms with Crippen LogP contribution in [-0.2, 0) is 21.2 Å². The summed E-state index contributed by atoms with van der Waals surface area (Å²) >= 11 is 0. The standard InChI is InChI=1S/C26H25N5O7S/c1-16-13-18(37-2)15-19(14-16)38-17-6-8-20(9-7-17)39(35,36)30-12-10-21-23(24(30)25(32)29-34)26(33)31(28-21)22-5-3-4-11-27-22/h3-9,11,13-15,24,28,34H,10,12H2,1-2H3,(H,29,32)/t24-/m1/s1. The van der Waals surface area contributed by atoms with E-state index in [2.05, 4.69) is 10.1 Å². The molecule has 2 aromatic carbocycles. The molecule has 1 atom stereocenters. The quantitative estimate of drug-likeness (QED) is 0.234. The third kappa shape index (κ3) is 4.90. The minimum atomic E-state index is -4.28. The molecule has 2 aromatic heterocycles. The summed E-state index contributed by atoms with van der Waals surface area (Å²) in [5.74, 6) is 0.737. The fourth-order valence-corrected chi connectivity index (χ4v) is 6.10. The van der Waals surface area contributed by atoms with Crippen LogP contribution in [0.3, 0.4) is 0 Å². The molecule has 1 amide bonds. The first kappa shape index (κ1) is 26.2. The maximum Gasteiger partial charge on any atom is 0.278 e. The van der Waals surface area contributed by atoms with Gasteiger partial charge < -0.3 is 9.47 Å². The van der Waals surface area contributed by atoms with Crippen molar-refractivity contribution in [1.82, 2.24) is 24.5 Å². The highest BCUT2D eigenvalue weighted by Gasteiger charge is 2.44. The third-order valence-corrected chi connectivity index (χ3v) is 8.19. The summed E-state index contributed by atoms with van der Waals surface area (Å²) in [5.41, 5.74) is 2.07. The number of nitrogens with one attached hydrogen (secondary N) is 2. The Morgan fingerprint density at radius 3 is 2.51 bits per heavy atom. The van der Waals surface area contributed by atoms with Gasteiger partial charge in [0.05, 0.1) is 17.6 Å². The highest BCUT2D eigenvalue weighted by Crippen LogP contribution is 2.34. The van der Waals surface area contributed by atoms with E-state index in [-0.39, 0.29) is 29.2 Å². The lowest BCUT2D eigenvalue weighted by Gasteiger charge is -2.32. The first-order valence-electron chi connectivity index (χ1n) is 11.9. The lowest BCUT2D eigenvalue weighted by atomic mass is 10.0. The second kappa shape index (κ2) is 10.4. The number of H-pyrrole nitrogens is 1. The van der Waals surface area contributed by atoms with Crippen molar-refractivity contribution in [3.05, 3.63) is 94.0 Å². The Hall–Kier alpha value is -4.46. The maximum absolute atomic E-state index is 13.7. The predicted octanol–water partition coefficient (Wildman–Crippen LogP) is 2.46. The van der Waals surface area contributed by atoms with Gasteiger partial charge in [0.1, 0.15) is 23.3 Å². The summed E-state index contributed by atoms with van der Waals surface area (Å²) < 4.78 is 40.5. The van der Waals surface area contributed by atoms with Gasteiger partial charge in [-0.05, 0) is 61.0 Å². The molecule has 0 fully saturated rings. The predicted molar refractivity (Wildman–Crippen MR) is 139 cm³/mol. The van der Waals surface area contributed by atoms with Crippen molar-refractivity contribution < 1.29 is 27.9 Å². The zero-order valence-corrected chi connectivity index (χ0v) is 21.8. The Kier molecular flexibility index (Phi) is 6.95. The van der Waals surface area contributed by atoms with Crippen LogP contribution in [-0.4, -0.2) is 52.3 Å². The van der Waals surface area contributed by atoms with Crippen molar-refractivity contribution in [2.75, 3.05) is 13.7 Å². The Morgan fingerprint density at radius 2 is 1.85 bits per heavy atom. The van der Waals surface area contributed by atoms with Crippen molar-refractivity contribution in [3.63, 3.8) is 0 Å². The maximum atomic E-state index is 13.7. The van der Waals surface area contributed by atoms with Crippen molar-refractivity contribution in [3.8, 4) is 23.1 Å². The molecule has 13 heteroatoms. The summed E-state index contributed by atoms with van der Waals surface area (Å²) in [6, 6.07) is 14.4. The van der Waals surface area contributed by atoms with Crippen LogP contribution >= 0.6 is 0 Å². The fourth-order valence-electron chi connectivity index (χ4n) is 4.53. The molecule has 0 bridgehead atoms. The fraction of sp³-hybridized carbons (Fsp3) is 0.192. The molecule has 5 rings (SSSR count). The lowest BCUT2D eigenvalue weighted by Crippen LogP contribution is -2.48. The van der Waals surface area contributed by atoms with E-state index in [1.165, 1.54) is 35.9 Å². The molecule has 1 aliphatic rings. The molecule has 0 unspecified atom stereocenters. The molecule has 1 aliphatic heterocycles. The smallest absolute Gasteiger partial charge is 0.278 e. The van der Waals surface area contributed by atoms with Gasteiger partial charge in [-0.2, -0.15) is 4.31 Å². The van der Waals surface area contributed by atoms with Gasteiger partial charge in [-0.3, -0.25) is 19.9 Å². The molecular formula is C26H25N5O7S. The molecule has 0 saturated carbocycles. The number of carbonyl (C=O) groups excluding carboxylic acids is 1. The number of carbonyl (C=O) groups is 1. The Morgan fingerprint density at radius 1 is 1.10 bits per heavy atom. The van der Waals surface area contributed by atoms with Crippen LogP contribution in [0.4, 0.5) is 0 Å². The van der Waals surface area contributed by atoms with Gasteiger partial charge in [-0.25, -0.2) is 23.6 Å². The zero-order valence-electron chi connectivity index (χ0n) is 21.0. The van der Waals surface area contributed by atoms with E-state index in [1.807, 2.05) is 19.1 Å². The van der Waals surface area contributed by atoms with Crippen LogP contribution in [0.25, 0.3) is 5.82 Å². The molecule has 39 heavy (non-hydrogen) atoms. The van der Waals surface area contributed by atoms with Gasteiger partial charge in [0.2, 0.25) is 10.0 Å². The van der Waals surface area contributed by atoms with Gasteiger partial charge >= 0.3 is 0 Å². The SMILES string of the molecule is COc1cc(C)cc(Oc2ccc(S(=O)(=O)N3CCc4[nH]n(-c5ccccn5)c(=O)c4[C@@H]3C(=O)NO)cc2)c1. The van der Waals surface area contributed by atoms with Crippen LogP contribution in [0.15, 0.2) is 76.6 Å². The summed E-state index contributed by atoms with van der Waals surface area (Å²) in [6.07, 6.45) is 1.63. The van der Waals surface area contributed by atoms with Crippen LogP contribution in [0.5, 0.6) is 17.2 Å². The second-order valence-electron chi connectivity index (χ2n) is 8.84. The van der Waals surface area contributed by atoms with Crippen LogP contribution in [0.2, 0.25) is 0 Å². The Bertz CT molecular complexity index is 1680. The van der Waals surface area contributed by atoms with Crippen LogP contribution in [0, 0.1) is 6.92 Å². The number of hydrogen-bond donors (Lipinski definition) is 3. The molecule has 0 spiro atoms. The summed E-state index contributed by atoms with van der Waals surface area (Å²) in [6.45, 7) is 1.78. The molecular weight excluding hydrogens is 526 g/mol. The number of rotatable bonds is 7. The van der Waals surface area contributed by atoms with Gasteiger partial charge in [0.25, 0.3) is 11.5 Å². The minimum Gasteiger partial charge on any atom is -0.497 e. The molecule has 3 N–H and O–H groups in total. The van der Waals surface area contributed by atoms with E-state index in [1.54, 1.807) is 31.4 Å². The third-order valence-electron chi connectivity index (χ3n) is 6.31. The molecule has 3 heterocycles. The normalized spacial score (nSPS) is 15.4. The average molecular weight is 552 g/mol. The van der Waals surface area contributed by atoms with Crippen LogP contribution in [0.1, 0.15) is 22.9 Å². The van der Waals surface area contributed by atoms with E-state index < -0.39 is 27.5 Å².